The van der Waals surface area contributed by atoms with Gasteiger partial charge in [0.1, 0.15) is 6.29 Å². The van der Waals surface area contributed by atoms with Crippen LogP contribution in [0.15, 0.2) is 30.3 Å². The number of hydrogen-bond donors (Lipinski definition) is 0. The number of aldehydes is 1. The van der Waals surface area contributed by atoms with Crippen LogP contribution in [0.3, 0.4) is 0 Å². The summed E-state index contributed by atoms with van der Waals surface area (Å²) < 4.78 is 0. The Labute approximate surface area is 129 Å². The molecule has 0 aliphatic carbocycles. The predicted octanol–water partition coefficient (Wildman–Crippen LogP) is 4.10. The van der Waals surface area contributed by atoms with Gasteiger partial charge in [-0.1, -0.05) is 52.7 Å². The van der Waals surface area contributed by atoms with Gasteiger partial charge in [0.05, 0.1) is 4.95 Å². The fourth-order valence-electron chi connectivity index (χ4n) is 3.92. The summed E-state index contributed by atoms with van der Waals surface area (Å²) in [5.41, 5.74) is 1.14. The first-order valence-electron chi connectivity index (χ1n) is 7.71. The first-order valence-corrected chi connectivity index (χ1v) is 8.63. The summed E-state index contributed by atoms with van der Waals surface area (Å²) in [5, 5.41) is 0. The first-order chi connectivity index (χ1) is 9.79. The van der Waals surface area contributed by atoms with Crippen LogP contribution >= 0.6 is 15.9 Å². The van der Waals surface area contributed by atoms with E-state index in [2.05, 4.69) is 33.0 Å². The molecule has 0 radical (unpaired) electrons. The molecular formula is C17H22BrNO. The number of halogens is 1. The van der Waals surface area contributed by atoms with Gasteiger partial charge in [0.15, 0.2) is 0 Å². The molecule has 0 saturated carbocycles. The molecule has 2 fully saturated rings. The summed E-state index contributed by atoms with van der Waals surface area (Å²) in [6.07, 6.45) is 8.69. The van der Waals surface area contributed by atoms with Crippen LogP contribution in [-0.4, -0.2) is 28.2 Å². The van der Waals surface area contributed by atoms with E-state index in [0.29, 0.717) is 4.95 Å². The number of hydrogen-bond acceptors (Lipinski definition) is 2. The van der Waals surface area contributed by atoms with E-state index in [1.807, 2.05) is 18.2 Å². The number of piperidine rings is 1. The van der Waals surface area contributed by atoms with Crippen LogP contribution in [0.5, 0.6) is 0 Å². The molecule has 2 saturated heterocycles. The van der Waals surface area contributed by atoms with E-state index in [0.717, 1.165) is 30.4 Å². The molecule has 3 heteroatoms. The van der Waals surface area contributed by atoms with Gasteiger partial charge in [-0.2, -0.15) is 0 Å². The van der Waals surface area contributed by atoms with Gasteiger partial charge in [0.25, 0.3) is 0 Å². The molecule has 1 aromatic carbocycles. The lowest BCUT2D eigenvalue weighted by molar-refractivity contribution is -0.109. The number of alkyl halides is 1. The van der Waals surface area contributed by atoms with Crippen molar-refractivity contribution in [3.8, 4) is 0 Å². The topological polar surface area (TPSA) is 20.3 Å². The summed E-state index contributed by atoms with van der Waals surface area (Å²) in [6, 6.07) is 11.6. The lowest BCUT2D eigenvalue weighted by Gasteiger charge is -2.39. The van der Waals surface area contributed by atoms with E-state index in [9.17, 15) is 4.79 Å². The van der Waals surface area contributed by atoms with Crippen LogP contribution in [0, 0.1) is 0 Å². The van der Waals surface area contributed by atoms with Crippen LogP contribution in [0.1, 0.15) is 50.0 Å². The van der Waals surface area contributed by atoms with Gasteiger partial charge in [-0.05, 0) is 37.7 Å². The average molecular weight is 336 g/mol. The van der Waals surface area contributed by atoms with E-state index in [-0.39, 0.29) is 5.92 Å². The van der Waals surface area contributed by atoms with Crippen LogP contribution in [0.4, 0.5) is 0 Å². The van der Waals surface area contributed by atoms with E-state index < -0.39 is 0 Å². The van der Waals surface area contributed by atoms with Crippen molar-refractivity contribution in [2.75, 3.05) is 0 Å². The molecule has 1 aromatic rings. The summed E-state index contributed by atoms with van der Waals surface area (Å²) in [6.45, 7) is 0. The number of nitrogens with zero attached hydrogens (tertiary/aromatic N) is 1. The highest BCUT2D eigenvalue weighted by Gasteiger charge is 2.40. The van der Waals surface area contributed by atoms with Gasteiger partial charge in [0, 0.05) is 18.0 Å². The quantitative estimate of drug-likeness (QED) is 0.458. The Morgan fingerprint density at radius 1 is 1.15 bits per heavy atom. The largest absolute Gasteiger partial charge is 0.303 e. The predicted molar refractivity (Wildman–Crippen MR) is 85.1 cm³/mol. The Balaban J connectivity index is 1.68. The molecule has 4 atom stereocenters. The second kappa shape index (κ2) is 6.40. The molecule has 2 aliphatic rings. The maximum absolute atomic E-state index is 11.5. The van der Waals surface area contributed by atoms with Crippen molar-refractivity contribution in [3.05, 3.63) is 35.9 Å². The number of carbonyl (C=O) groups excluding carboxylic acids is 1. The van der Waals surface area contributed by atoms with Gasteiger partial charge >= 0.3 is 0 Å². The van der Waals surface area contributed by atoms with Gasteiger partial charge in [0.2, 0.25) is 0 Å². The lowest BCUT2D eigenvalue weighted by atomic mass is 9.95. The lowest BCUT2D eigenvalue weighted by Crippen LogP contribution is -2.44. The van der Waals surface area contributed by atoms with Crippen molar-refractivity contribution < 1.29 is 4.79 Å². The van der Waals surface area contributed by atoms with Crippen molar-refractivity contribution >= 4 is 22.2 Å². The zero-order chi connectivity index (χ0) is 13.9. The molecule has 4 unspecified atom stereocenters. The normalized spacial score (nSPS) is 29.1. The summed E-state index contributed by atoms with van der Waals surface area (Å²) in [7, 11) is 0. The fraction of sp³-hybridized carbons (Fsp3) is 0.588. The molecule has 0 spiro atoms. The third-order valence-electron chi connectivity index (χ3n) is 4.92. The van der Waals surface area contributed by atoms with Crippen LogP contribution in [0.25, 0.3) is 0 Å². The van der Waals surface area contributed by atoms with Gasteiger partial charge < -0.3 is 4.79 Å². The fourth-order valence-corrected chi connectivity index (χ4v) is 4.99. The molecule has 0 aromatic heterocycles. The van der Waals surface area contributed by atoms with E-state index in [1.54, 1.807) is 0 Å². The first kappa shape index (κ1) is 14.3. The standard InChI is InChI=1S/C17H22BrNO/c18-17(19-15-7-4-8-16(19)10-9-15)11-14(12-20)13-5-2-1-3-6-13/h1-3,5-6,12,14-17H,4,7-11H2. The van der Waals surface area contributed by atoms with E-state index >= 15 is 0 Å². The van der Waals surface area contributed by atoms with Crippen LogP contribution in [0.2, 0.25) is 0 Å². The Hall–Kier alpha value is -0.670. The monoisotopic (exact) mass is 335 g/mol. The van der Waals surface area contributed by atoms with Crippen molar-refractivity contribution in [1.29, 1.82) is 0 Å². The van der Waals surface area contributed by atoms with E-state index in [4.69, 9.17) is 0 Å². The highest BCUT2D eigenvalue weighted by Crippen LogP contribution is 2.40. The molecule has 2 aliphatic heterocycles. The third-order valence-corrected chi connectivity index (χ3v) is 5.76. The van der Waals surface area contributed by atoms with Crippen molar-refractivity contribution in [1.82, 2.24) is 4.90 Å². The van der Waals surface area contributed by atoms with Gasteiger partial charge in [-0.25, -0.2) is 0 Å². The Morgan fingerprint density at radius 2 is 1.80 bits per heavy atom. The second-order valence-electron chi connectivity index (χ2n) is 6.09. The Morgan fingerprint density at radius 3 is 2.40 bits per heavy atom. The average Bonchev–Trinajstić information content (AvgIpc) is 2.75. The minimum absolute atomic E-state index is 0.00176. The molecule has 2 heterocycles. The number of carbonyl (C=O) groups is 1. The number of fused-ring (bicyclic) bond motifs is 2. The zero-order valence-electron chi connectivity index (χ0n) is 11.7. The maximum atomic E-state index is 11.5. The Kier molecular flexibility index (Phi) is 4.57. The molecule has 2 nitrogen and oxygen atoms in total. The SMILES string of the molecule is O=CC(CC(Br)N1C2CCCC1CC2)c1ccccc1. The van der Waals surface area contributed by atoms with Crippen LogP contribution < -0.4 is 0 Å². The second-order valence-corrected chi connectivity index (χ2v) is 7.14. The third kappa shape index (κ3) is 2.84. The highest BCUT2D eigenvalue weighted by atomic mass is 79.9. The molecule has 20 heavy (non-hydrogen) atoms. The summed E-state index contributed by atoms with van der Waals surface area (Å²) in [4.78, 5) is 14.4. The van der Waals surface area contributed by atoms with Crippen molar-refractivity contribution in [2.24, 2.45) is 0 Å². The van der Waals surface area contributed by atoms with Gasteiger partial charge in [-0.15, -0.1) is 0 Å². The minimum Gasteiger partial charge on any atom is -0.303 e. The highest BCUT2D eigenvalue weighted by molar-refractivity contribution is 9.09. The number of rotatable bonds is 5. The molecule has 0 amide bonds. The molecule has 3 rings (SSSR count). The van der Waals surface area contributed by atoms with Crippen molar-refractivity contribution in [3.63, 3.8) is 0 Å². The Bertz CT molecular complexity index is 434. The summed E-state index contributed by atoms with van der Waals surface area (Å²) in [5.74, 6) is 0.00176. The molecular weight excluding hydrogens is 314 g/mol. The van der Waals surface area contributed by atoms with E-state index in [1.165, 1.54) is 32.1 Å². The molecule has 2 bridgehead atoms. The zero-order valence-corrected chi connectivity index (χ0v) is 13.3. The van der Waals surface area contributed by atoms with Crippen molar-refractivity contribution in [2.45, 2.75) is 61.5 Å². The smallest absolute Gasteiger partial charge is 0.127 e. The maximum Gasteiger partial charge on any atom is 0.127 e. The number of benzene rings is 1. The summed E-state index contributed by atoms with van der Waals surface area (Å²) >= 11 is 3.87. The van der Waals surface area contributed by atoms with Crippen LogP contribution in [-0.2, 0) is 4.79 Å². The minimum atomic E-state index is 0.00176. The molecule has 0 N–H and O–H groups in total. The molecule has 108 valence electrons. The van der Waals surface area contributed by atoms with Gasteiger partial charge in [-0.3, -0.25) is 4.90 Å².